The van der Waals surface area contributed by atoms with Crippen molar-refractivity contribution in [2.45, 2.75) is 18.4 Å². The molecule has 6 heteroatoms. The third-order valence-electron chi connectivity index (χ3n) is 2.13. The first kappa shape index (κ1) is 14.5. The number of ether oxygens (including phenoxy) is 1. The van der Waals surface area contributed by atoms with Crippen molar-refractivity contribution in [2.24, 2.45) is 0 Å². The Hall–Kier alpha value is -1.56. The molecule has 0 saturated carbocycles. The van der Waals surface area contributed by atoms with Gasteiger partial charge in [-0.1, -0.05) is 0 Å². The fourth-order valence-electron chi connectivity index (χ4n) is 1.33. The Morgan fingerprint density at radius 3 is 2.94 bits per heavy atom. The van der Waals surface area contributed by atoms with Crippen molar-refractivity contribution in [3.8, 4) is 0 Å². The number of hydrogen-bond acceptors (Lipinski definition) is 5. The third-order valence-corrected chi connectivity index (χ3v) is 2.84. The predicted molar refractivity (Wildman–Crippen MR) is 69.6 cm³/mol. The monoisotopic (exact) mass is 268 g/mol. The van der Waals surface area contributed by atoms with Crippen LogP contribution in [0.2, 0.25) is 0 Å². The SMILES string of the molecule is CCOC(=O)CCNC(=O)c1cccnc1SC. The molecule has 0 aliphatic heterocycles. The number of rotatable bonds is 6. The van der Waals surface area contributed by atoms with Crippen LogP contribution in [-0.4, -0.2) is 36.3 Å². The van der Waals surface area contributed by atoms with E-state index in [0.717, 1.165) is 0 Å². The quantitative estimate of drug-likeness (QED) is 0.625. The van der Waals surface area contributed by atoms with E-state index in [0.29, 0.717) is 17.2 Å². The molecule has 1 aromatic rings. The van der Waals surface area contributed by atoms with Crippen molar-refractivity contribution in [3.63, 3.8) is 0 Å². The van der Waals surface area contributed by atoms with E-state index in [9.17, 15) is 9.59 Å². The lowest BCUT2D eigenvalue weighted by Crippen LogP contribution is -2.27. The van der Waals surface area contributed by atoms with Crippen LogP contribution in [0, 0.1) is 0 Å². The minimum atomic E-state index is -0.311. The number of thioether (sulfide) groups is 1. The summed E-state index contributed by atoms with van der Waals surface area (Å²) in [4.78, 5) is 27.0. The number of aromatic nitrogens is 1. The Morgan fingerprint density at radius 2 is 2.28 bits per heavy atom. The molecule has 0 aliphatic carbocycles. The van der Waals surface area contributed by atoms with E-state index in [2.05, 4.69) is 10.3 Å². The molecule has 0 saturated heterocycles. The molecule has 98 valence electrons. The highest BCUT2D eigenvalue weighted by Crippen LogP contribution is 2.16. The van der Waals surface area contributed by atoms with Crippen LogP contribution in [-0.2, 0) is 9.53 Å². The summed E-state index contributed by atoms with van der Waals surface area (Å²) in [7, 11) is 0. The molecule has 1 N–H and O–H groups in total. The molecule has 0 fully saturated rings. The zero-order valence-corrected chi connectivity index (χ0v) is 11.3. The Labute approximate surface area is 110 Å². The summed E-state index contributed by atoms with van der Waals surface area (Å²) in [5.74, 6) is -0.536. The highest BCUT2D eigenvalue weighted by Gasteiger charge is 2.11. The predicted octanol–water partition coefficient (Wildman–Crippen LogP) is 1.49. The molecule has 1 rings (SSSR count). The number of carbonyl (C=O) groups excluding carboxylic acids is 2. The van der Waals surface area contributed by atoms with E-state index in [1.165, 1.54) is 11.8 Å². The number of nitrogens with zero attached hydrogens (tertiary/aromatic N) is 1. The van der Waals surface area contributed by atoms with Crippen molar-refractivity contribution in [2.75, 3.05) is 19.4 Å². The second-order valence-electron chi connectivity index (χ2n) is 3.37. The average Bonchev–Trinajstić information content (AvgIpc) is 2.38. The molecule has 0 spiro atoms. The summed E-state index contributed by atoms with van der Waals surface area (Å²) >= 11 is 1.41. The molecule has 5 nitrogen and oxygen atoms in total. The van der Waals surface area contributed by atoms with Gasteiger partial charge in [-0.15, -0.1) is 11.8 Å². The average molecular weight is 268 g/mol. The Balaban J connectivity index is 2.48. The zero-order valence-electron chi connectivity index (χ0n) is 10.4. The smallest absolute Gasteiger partial charge is 0.307 e. The molecule has 1 aromatic heterocycles. The van der Waals surface area contributed by atoms with Gasteiger partial charge in [-0.05, 0) is 25.3 Å². The van der Waals surface area contributed by atoms with Crippen molar-refractivity contribution in [1.29, 1.82) is 0 Å². The van der Waals surface area contributed by atoms with Gasteiger partial charge < -0.3 is 10.1 Å². The van der Waals surface area contributed by atoms with Crippen LogP contribution in [0.15, 0.2) is 23.4 Å². The Kier molecular flexibility index (Phi) is 6.21. The maximum atomic E-state index is 11.8. The summed E-state index contributed by atoms with van der Waals surface area (Å²) in [6.45, 7) is 2.36. The third kappa shape index (κ3) is 4.37. The lowest BCUT2D eigenvalue weighted by atomic mass is 10.2. The van der Waals surface area contributed by atoms with Crippen LogP contribution in [0.25, 0.3) is 0 Å². The molecular weight excluding hydrogens is 252 g/mol. The maximum absolute atomic E-state index is 11.8. The standard InChI is InChI=1S/C12H16N2O3S/c1-3-17-10(15)6-8-13-11(16)9-5-4-7-14-12(9)18-2/h4-5,7H,3,6,8H2,1-2H3,(H,13,16). The second kappa shape index (κ2) is 7.71. The second-order valence-corrected chi connectivity index (χ2v) is 4.17. The van der Waals surface area contributed by atoms with Crippen LogP contribution < -0.4 is 5.32 Å². The molecule has 0 aromatic carbocycles. The lowest BCUT2D eigenvalue weighted by Gasteiger charge is -2.07. The van der Waals surface area contributed by atoms with Crippen molar-refractivity contribution < 1.29 is 14.3 Å². The van der Waals surface area contributed by atoms with Crippen molar-refractivity contribution in [3.05, 3.63) is 23.9 Å². The number of amides is 1. The zero-order chi connectivity index (χ0) is 13.4. The fourth-order valence-corrected chi connectivity index (χ4v) is 1.88. The summed E-state index contributed by atoms with van der Waals surface area (Å²) in [6.07, 6.45) is 3.67. The number of nitrogens with one attached hydrogen (secondary N) is 1. The summed E-state index contributed by atoms with van der Waals surface area (Å²) < 4.78 is 4.77. The minimum absolute atomic E-state index is 0.175. The lowest BCUT2D eigenvalue weighted by molar-refractivity contribution is -0.142. The topological polar surface area (TPSA) is 68.3 Å². The summed E-state index contributed by atoms with van der Waals surface area (Å²) in [5.41, 5.74) is 0.522. The molecular formula is C12H16N2O3S. The van der Waals surface area contributed by atoms with Gasteiger partial charge in [0.1, 0.15) is 5.03 Å². The first-order valence-corrected chi connectivity index (χ1v) is 6.84. The van der Waals surface area contributed by atoms with E-state index in [4.69, 9.17) is 4.74 Å². The fraction of sp³-hybridized carbons (Fsp3) is 0.417. The van der Waals surface area contributed by atoms with Crippen LogP contribution in [0.5, 0.6) is 0 Å². The van der Waals surface area contributed by atoms with Gasteiger partial charge in [0, 0.05) is 12.7 Å². The molecule has 0 atom stereocenters. The van der Waals surface area contributed by atoms with Gasteiger partial charge in [-0.25, -0.2) is 4.98 Å². The molecule has 0 unspecified atom stereocenters. The highest BCUT2D eigenvalue weighted by atomic mass is 32.2. The molecule has 1 amide bonds. The first-order valence-electron chi connectivity index (χ1n) is 5.61. The van der Waals surface area contributed by atoms with E-state index >= 15 is 0 Å². The number of hydrogen-bond donors (Lipinski definition) is 1. The number of esters is 1. The molecule has 0 aliphatic rings. The van der Waals surface area contributed by atoms with Gasteiger partial charge in [-0.2, -0.15) is 0 Å². The van der Waals surface area contributed by atoms with Crippen LogP contribution >= 0.6 is 11.8 Å². The van der Waals surface area contributed by atoms with Gasteiger partial charge in [0.15, 0.2) is 0 Å². The van der Waals surface area contributed by atoms with Crippen LogP contribution in [0.3, 0.4) is 0 Å². The molecule has 0 bridgehead atoms. The molecule has 0 radical (unpaired) electrons. The van der Waals surface area contributed by atoms with E-state index in [1.807, 2.05) is 6.26 Å². The van der Waals surface area contributed by atoms with Gasteiger partial charge in [0.05, 0.1) is 18.6 Å². The normalized spacial score (nSPS) is 9.89. The summed E-state index contributed by atoms with van der Waals surface area (Å²) in [6, 6.07) is 3.42. The van der Waals surface area contributed by atoms with Gasteiger partial charge in [0.25, 0.3) is 5.91 Å². The van der Waals surface area contributed by atoms with Crippen LogP contribution in [0.1, 0.15) is 23.7 Å². The van der Waals surface area contributed by atoms with E-state index in [1.54, 1.807) is 25.3 Å². The van der Waals surface area contributed by atoms with Gasteiger partial charge >= 0.3 is 5.97 Å². The number of pyridine rings is 1. The van der Waals surface area contributed by atoms with E-state index in [-0.39, 0.29) is 24.8 Å². The van der Waals surface area contributed by atoms with E-state index < -0.39 is 0 Å². The largest absolute Gasteiger partial charge is 0.466 e. The molecule has 1 heterocycles. The number of carbonyl (C=O) groups is 2. The van der Waals surface area contributed by atoms with Crippen molar-refractivity contribution in [1.82, 2.24) is 10.3 Å². The van der Waals surface area contributed by atoms with Crippen molar-refractivity contribution >= 4 is 23.6 Å². The Morgan fingerprint density at radius 1 is 1.50 bits per heavy atom. The van der Waals surface area contributed by atoms with Crippen LogP contribution in [0.4, 0.5) is 0 Å². The Bertz CT molecular complexity index is 424. The van der Waals surface area contributed by atoms with Gasteiger partial charge in [-0.3, -0.25) is 9.59 Å². The summed E-state index contributed by atoms with van der Waals surface area (Å²) in [5, 5.41) is 3.34. The highest BCUT2D eigenvalue weighted by molar-refractivity contribution is 7.98. The van der Waals surface area contributed by atoms with Gasteiger partial charge in [0.2, 0.25) is 0 Å². The minimum Gasteiger partial charge on any atom is -0.466 e. The maximum Gasteiger partial charge on any atom is 0.307 e. The molecule has 18 heavy (non-hydrogen) atoms. The first-order chi connectivity index (χ1) is 8.69.